The molecular weight excluding hydrogens is 292 g/mol. The second kappa shape index (κ2) is 6.66. The van der Waals surface area contributed by atoms with Gasteiger partial charge in [0, 0.05) is 11.3 Å². The van der Waals surface area contributed by atoms with Gasteiger partial charge < -0.3 is 11.1 Å². The quantitative estimate of drug-likeness (QED) is 0.810. The zero-order chi connectivity index (χ0) is 16.1. The van der Waals surface area contributed by atoms with Gasteiger partial charge in [-0.25, -0.2) is 13.6 Å². The molecule has 0 fully saturated rings. The van der Waals surface area contributed by atoms with Crippen molar-refractivity contribution in [2.45, 2.75) is 0 Å². The van der Waals surface area contributed by atoms with Crippen LogP contribution in [-0.2, 0) is 4.79 Å². The number of amides is 3. The smallest absolute Gasteiger partial charge is 0.318 e. The monoisotopic (exact) mass is 305 g/mol. The molecule has 22 heavy (non-hydrogen) atoms. The molecule has 2 aromatic rings. The van der Waals surface area contributed by atoms with Crippen molar-refractivity contribution in [3.8, 4) is 11.1 Å². The summed E-state index contributed by atoms with van der Waals surface area (Å²) >= 11 is 0. The maximum Gasteiger partial charge on any atom is 0.318 e. The Balaban J connectivity index is 2.23. The number of carbonyl (C=O) groups excluding carboxylic acids is 2. The largest absolute Gasteiger partial charge is 0.376 e. The van der Waals surface area contributed by atoms with Crippen LogP contribution in [0.4, 0.5) is 19.3 Å². The van der Waals surface area contributed by atoms with Crippen LogP contribution < -0.4 is 16.4 Å². The van der Waals surface area contributed by atoms with Crippen LogP contribution in [0.25, 0.3) is 11.1 Å². The number of hydrogen-bond acceptors (Lipinski definition) is 3. The lowest BCUT2D eigenvalue weighted by molar-refractivity contribution is -0.118. The summed E-state index contributed by atoms with van der Waals surface area (Å²) in [5.41, 5.74) is 6.35. The predicted molar refractivity (Wildman–Crippen MR) is 78.0 cm³/mol. The van der Waals surface area contributed by atoms with Crippen LogP contribution in [0, 0.1) is 11.6 Å². The van der Waals surface area contributed by atoms with Gasteiger partial charge >= 0.3 is 6.03 Å². The molecule has 0 spiro atoms. The molecule has 2 aromatic carbocycles. The molecular formula is C15H13F2N3O2. The molecule has 0 unspecified atom stereocenters. The standard InChI is InChI=1S/C15H13F2N3O2/c16-10-3-1-9(2-4-10)12-7-11(17)5-6-13(12)19-8-14(21)20-15(18)22/h1-7,19H,8H2,(H3,18,20,21,22). The molecule has 0 saturated carbocycles. The van der Waals surface area contributed by atoms with E-state index in [2.05, 4.69) is 5.32 Å². The van der Waals surface area contributed by atoms with E-state index >= 15 is 0 Å². The first kappa shape index (κ1) is 15.4. The number of nitrogens with one attached hydrogen (secondary N) is 2. The summed E-state index contributed by atoms with van der Waals surface area (Å²) < 4.78 is 26.4. The normalized spacial score (nSPS) is 10.1. The number of rotatable bonds is 4. The summed E-state index contributed by atoms with van der Waals surface area (Å²) in [6, 6.07) is 8.49. The van der Waals surface area contributed by atoms with E-state index in [1.54, 1.807) is 0 Å². The molecule has 0 aliphatic rings. The Morgan fingerprint density at radius 3 is 2.27 bits per heavy atom. The number of halogens is 2. The summed E-state index contributed by atoms with van der Waals surface area (Å²) in [6.45, 7) is -0.219. The fourth-order valence-electron chi connectivity index (χ4n) is 1.90. The maximum atomic E-state index is 13.4. The van der Waals surface area contributed by atoms with Crippen molar-refractivity contribution in [1.29, 1.82) is 0 Å². The molecule has 3 amide bonds. The lowest BCUT2D eigenvalue weighted by Gasteiger charge is -2.12. The van der Waals surface area contributed by atoms with E-state index < -0.39 is 23.6 Å². The van der Waals surface area contributed by atoms with Crippen LogP contribution in [-0.4, -0.2) is 18.5 Å². The molecule has 0 aliphatic carbocycles. The molecule has 0 radical (unpaired) electrons. The Kier molecular flexibility index (Phi) is 4.67. The topological polar surface area (TPSA) is 84.2 Å². The third kappa shape index (κ3) is 4.02. The molecule has 0 heterocycles. The van der Waals surface area contributed by atoms with E-state index in [1.807, 2.05) is 5.32 Å². The second-order valence-electron chi connectivity index (χ2n) is 4.46. The van der Waals surface area contributed by atoms with Crippen molar-refractivity contribution in [3.63, 3.8) is 0 Å². The number of imide groups is 1. The third-order valence-electron chi connectivity index (χ3n) is 2.84. The number of nitrogens with two attached hydrogens (primary N) is 1. The minimum absolute atomic E-state index is 0.219. The average molecular weight is 305 g/mol. The van der Waals surface area contributed by atoms with Crippen molar-refractivity contribution in [3.05, 3.63) is 54.1 Å². The molecule has 114 valence electrons. The summed E-state index contributed by atoms with van der Waals surface area (Å²) in [5.74, 6) is -1.50. The molecule has 0 aliphatic heterocycles. The van der Waals surface area contributed by atoms with Gasteiger partial charge in [-0.3, -0.25) is 10.1 Å². The van der Waals surface area contributed by atoms with Crippen LogP contribution in [0.5, 0.6) is 0 Å². The van der Waals surface area contributed by atoms with Gasteiger partial charge in [0.2, 0.25) is 5.91 Å². The van der Waals surface area contributed by atoms with Gasteiger partial charge in [0.1, 0.15) is 11.6 Å². The highest BCUT2D eigenvalue weighted by molar-refractivity contribution is 5.96. The summed E-state index contributed by atoms with van der Waals surface area (Å²) in [5, 5.41) is 4.68. The van der Waals surface area contributed by atoms with Crippen molar-refractivity contribution in [2.24, 2.45) is 5.73 Å². The van der Waals surface area contributed by atoms with Crippen LogP contribution >= 0.6 is 0 Å². The van der Waals surface area contributed by atoms with E-state index in [-0.39, 0.29) is 6.54 Å². The molecule has 0 saturated heterocycles. The zero-order valence-corrected chi connectivity index (χ0v) is 11.4. The first-order chi connectivity index (χ1) is 10.5. The van der Waals surface area contributed by atoms with Crippen molar-refractivity contribution in [2.75, 3.05) is 11.9 Å². The van der Waals surface area contributed by atoms with Crippen molar-refractivity contribution >= 4 is 17.6 Å². The van der Waals surface area contributed by atoms with Crippen LogP contribution in [0.3, 0.4) is 0 Å². The highest BCUT2D eigenvalue weighted by Gasteiger charge is 2.09. The van der Waals surface area contributed by atoms with Crippen molar-refractivity contribution < 1.29 is 18.4 Å². The van der Waals surface area contributed by atoms with Crippen LogP contribution in [0.15, 0.2) is 42.5 Å². The van der Waals surface area contributed by atoms with Gasteiger partial charge in [0.15, 0.2) is 0 Å². The molecule has 0 bridgehead atoms. The Labute approximate surface area is 125 Å². The van der Waals surface area contributed by atoms with Gasteiger partial charge in [0.25, 0.3) is 0 Å². The molecule has 0 atom stereocenters. The van der Waals surface area contributed by atoms with Crippen molar-refractivity contribution in [1.82, 2.24) is 5.32 Å². The lowest BCUT2D eigenvalue weighted by atomic mass is 10.0. The van der Waals surface area contributed by atoms with Gasteiger partial charge in [-0.2, -0.15) is 0 Å². The number of urea groups is 1. The first-order valence-electron chi connectivity index (χ1n) is 6.34. The van der Waals surface area contributed by atoms with E-state index in [0.717, 1.165) is 0 Å². The first-order valence-corrected chi connectivity index (χ1v) is 6.34. The molecule has 7 heteroatoms. The fraction of sp³-hybridized carbons (Fsp3) is 0.0667. The van der Waals surface area contributed by atoms with Crippen LogP contribution in [0.2, 0.25) is 0 Å². The third-order valence-corrected chi connectivity index (χ3v) is 2.84. The second-order valence-corrected chi connectivity index (χ2v) is 4.46. The number of anilines is 1. The minimum atomic E-state index is -0.954. The van der Waals surface area contributed by atoms with Gasteiger partial charge in [-0.1, -0.05) is 12.1 Å². The fourth-order valence-corrected chi connectivity index (χ4v) is 1.90. The Hall–Kier alpha value is -2.96. The number of benzene rings is 2. The van der Waals surface area contributed by atoms with Gasteiger partial charge in [-0.05, 0) is 35.9 Å². The number of primary amides is 1. The number of carbonyl (C=O) groups is 2. The van der Waals surface area contributed by atoms with E-state index in [9.17, 15) is 18.4 Å². The maximum absolute atomic E-state index is 13.4. The summed E-state index contributed by atoms with van der Waals surface area (Å²) in [4.78, 5) is 22.0. The lowest BCUT2D eigenvalue weighted by Crippen LogP contribution is -2.38. The molecule has 5 nitrogen and oxygen atoms in total. The van der Waals surface area contributed by atoms with E-state index in [4.69, 9.17) is 5.73 Å². The molecule has 2 rings (SSSR count). The molecule has 0 aromatic heterocycles. The van der Waals surface area contributed by atoms with Gasteiger partial charge in [0.05, 0.1) is 6.54 Å². The minimum Gasteiger partial charge on any atom is -0.376 e. The average Bonchev–Trinajstić information content (AvgIpc) is 2.46. The summed E-state index contributed by atoms with van der Waals surface area (Å²) in [7, 11) is 0. The van der Waals surface area contributed by atoms with Crippen LogP contribution in [0.1, 0.15) is 0 Å². The number of hydrogen-bond donors (Lipinski definition) is 3. The Morgan fingerprint density at radius 2 is 1.64 bits per heavy atom. The van der Waals surface area contributed by atoms with Gasteiger partial charge in [-0.15, -0.1) is 0 Å². The molecule has 4 N–H and O–H groups in total. The Morgan fingerprint density at radius 1 is 1.00 bits per heavy atom. The highest BCUT2D eigenvalue weighted by Crippen LogP contribution is 2.28. The SMILES string of the molecule is NC(=O)NC(=O)CNc1ccc(F)cc1-c1ccc(F)cc1. The van der Waals surface area contributed by atoms with E-state index in [0.29, 0.717) is 16.8 Å². The zero-order valence-electron chi connectivity index (χ0n) is 11.4. The Bertz CT molecular complexity index is 702. The predicted octanol–water partition coefficient (Wildman–Crippen LogP) is 2.24. The highest BCUT2D eigenvalue weighted by atomic mass is 19.1. The summed E-state index contributed by atoms with van der Waals surface area (Å²) in [6.07, 6.45) is 0. The van der Waals surface area contributed by atoms with E-state index in [1.165, 1.54) is 42.5 Å².